The van der Waals surface area contributed by atoms with Crippen molar-refractivity contribution in [2.24, 2.45) is 0 Å². The first-order valence-electron chi connectivity index (χ1n) is 8.33. The van der Waals surface area contributed by atoms with Gasteiger partial charge in [-0.15, -0.1) is 0 Å². The van der Waals surface area contributed by atoms with Gasteiger partial charge in [-0.05, 0) is 26.3 Å². The van der Waals surface area contributed by atoms with Gasteiger partial charge in [0.1, 0.15) is 14.7 Å². The first-order valence-corrected chi connectivity index (χ1v) is 16.6. The molecule has 0 aliphatic carbocycles. The first-order chi connectivity index (χ1) is 11.7. The van der Waals surface area contributed by atoms with Crippen molar-refractivity contribution in [3.05, 3.63) is 37.0 Å². The van der Waals surface area contributed by atoms with E-state index in [1.54, 1.807) is 13.8 Å². The predicted octanol–water partition coefficient (Wildman–Crippen LogP) is 5.44. The minimum atomic E-state index is -1.50. The van der Waals surface area contributed by atoms with E-state index in [2.05, 4.69) is 50.7 Å². The van der Waals surface area contributed by atoms with E-state index in [0.29, 0.717) is 17.8 Å². The van der Waals surface area contributed by atoms with Crippen LogP contribution in [0.15, 0.2) is 37.0 Å². The molecule has 152 valence electrons. The van der Waals surface area contributed by atoms with Gasteiger partial charge in [-0.3, -0.25) is 0 Å². The number of carbonyl (C=O) groups is 2. The molecule has 0 saturated carbocycles. The van der Waals surface area contributed by atoms with Gasteiger partial charge in [-0.25, -0.2) is 9.59 Å². The van der Waals surface area contributed by atoms with Crippen LogP contribution in [0.25, 0.3) is 0 Å². The third kappa shape index (κ3) is 31.0. The number of carbonyl (C=O) groups excluding carboxylic acids is 2. The normalized spacial score (nSPS) is 9.73. The third-order valence-corrected chi connectivity index (χ3v) is 4.29. The van der Waals surface area contributed by atoms with Crippen LogP contribution in [-0.2, 0) is 19.1 Å². The van der Waals surface area contributed by atoms with Crippen molar-refractivity contribution < 1.29 is 19.1 Å². The summed E-state index contributed by atoms with van der Waals surface area (Å²) in [5, 5.41) is 0. The average Bonchev–Trinajstić information content (AvgIpc) is 2.47. The summed E-state index contributed by atoms with van der Waals surface area (Å²) >= 11 is 11.5. The molecule has 0 unspecified atom stereocenters. The van der Waals surface area contributed by atoms with Crippen molar-refractivity contribution in [2.75, 3.05) is 13.2 Å². The van der Waals surface area contributed by atoms with Gasteiger partial charge in [0.2, 0.25) is 0 Å². The lowest BCUT2D eigenvalue weighted by Gasteiger charge is -2.12. The summed E-state index contributed by atoms with van der Waals surface area (Å²) < 4.78 is 9.52. The molecule has 0 aromatic heterocycles. The molecule has 0 amide bonds. The SMILES string of the molecule is C=C(C)C(=O)OCCC[Si](C)(C)Cl.C=CCOC(=O)C(=C)C.C[SiH](C)Cl. The fraction of sp³-hybridized carbons (Fsp3) is 0.556. The van der Waals surface area contributed by atoms with E-state index < -0.39 is 15.5 Å². The van der Waals surface area contributed by atoms with Gasteiger partial charge in [0.25, 0.3) is 0 Å². The van der Waals surface area contributed by atoms with Gasteiger partial charge in [-0.2, -0.15) is 22.2 Å². The fourth-order valence-corrected chi connectivity index (χ4v) is 2.42. The summed E-state index contributed by atoms with van der Waals surface area (Å²) in [6, 6.07) is 0.970. The van der Waals surface area contributed by atoms with Crippen LogP contribution in [0.1, 0.15) is 20.3 Å². The fourth-order valence-electron chi connectivity index (χ4n) is 1.04. The number of hydrogen-bond acceptors (Lipinski definition) is 4. The van der Waals surface area contributed by atoms with Crippen molar-refractivity contribution in [3.8, 4) is 0 Å². The second-order valence-electron chi connectivity index (χ2n) is 6.42. The Morgan fingerprint density at radius 2 is 1.46 bits per heavy atom. The zero-order valence-electron chi connectivity index (χ0n) is 17.0. The van der Waals surface area contributed by atoms with Crippen LogP contribution >= 0.6 is 22.2 Å². The maximum atomic E-state index is 10.9. The summed E-state index contributed by atoms with van der Waals surface area (Å²) in [6.07, 6.45) is 2.36. The lowest BCUT2D eigenvalue weighted by Crippen LogP contribution is -2.17. The molecule has 0 radical (unpaired) electrons. The average molecular weight is 442 g/mol. The van der Waals surface area contributed by atoms with E-state index >= 15 is 0 Å². The number of ether oxygens (including phenoxy) is 2. The summed E-state index contributed by atoms with van der Waals surface area (Å²) in [7, 11) is -2.16. The maximum absolute atomic E-state index is 10.9. The maximum Gasteiger partial charge on any atom is 0.333 e. The van der Waals surface area contributed by atoms with Crippen LogP contribution in [0.3, 0.4) is 0 Å². The van der Waals surface area contributed by atoms with E-state index in [9.17, 15) is 9.59 Å². The Morgan fingerprint density at radius 3 is 1.77 bits per heavy atom. The van der Waals surface area contributed by atoms with Crippen LogP contribution in [0.4, 0.5) is 0 Å². The van der Waals surface area contributed by atoms with Crippen molar-refractivity contribution in [1.82, 2.24) is 0 Å². The molecule has 0 aromatic carbocycles. The summed E-state index contributed by atoms with van der Waals surface area (Å²) in [6.45, 7) is 22.5. The van der Waals surface area contributed by atoms with E-state index in [-0.39, 0.29) is 18.5 Å². The second kappa shape index (κ2) is 17.6. The Bertz CT molecular complexity index is 456. The van der Waals surface area contributed by atoms with Crippen molar-refractivity contribution in [1.29, 1.82) is 0 Å². The number of rotatable bonds is 8. The third-order valence-electron chi connectivity index (χ3n) is 2.18. The summed E-state index contributed by atoms with van der Waals surface area (Å²) in [5.74, 6) is -0.677. The van der Waals surface area contributed by atoms with E-state index in [1.165, 1.54) is 6.08 Å². The zero-order chi connectivity index (χ0) is 21.3. The molecular formula is C18H34Cl2O4Si2. The lowest BCUT2D eigenvalue weighted by atomic mass is 10.4. The van der Waals surface area contributed by atoms with Gasteiger partial charge < -0.3 is 9.47 Å². The monoisotopic (exact) mass is 440 g/mol. The van der Waals surface area contributed by atoms with Gasteiger partial charge in [0, 0.05) is 11.1 Å². The van der Waals surface area contributed by atoms with Crippen LogP contribution in [0.5, 0.6) is 0 Å². The number of halogens is 2. The topological polar surface area (TPSA) is 52.6 Å². The summed E-state index contributed by atoms with van der Waals surface area (Å²) in [5.41, 5.74) is 0.860. The Hall–Kier alpha value is -0.826. The molecule has 0 aliphatic heterocycles. The molecule has 0 bridgehead atoms. The van der Waals surface area contributed by atoms with Crippen LogP contribution in [0, 0.1) is 0 Å². The molecule has 26 heavy (non-hydrogen) atoms. The van der Waals surface area contributed by atoms with Crippen molar-refractivity contribution >= 4 is 49.6 Å². The molecule has 0 aliphatic rings. The highest BCUT2D eigenvalue weighted by Crippen LogP contribution is 2.16. The number of hydrogen-bond donors (Lipinski definition) is 0. The summed E-state index contributed by atoms with van der Waals surface area (Å²) in [4.78, 5) is 21.5. The minimum absolute atomic E-state index is 0.256. The van der Waals surface area contributed by atoms with E-state index in [1.807, 2.05) is 0 Å². The molecule has 0 saturated heterocycles. The molecule has 0 rings (SSSR count). The van der Waals surface area contributed by atoms with Crippen molar-refractivity contribution in [2.45, 2.75) is 52.5 Å². The molecule has 0 N–H and O–H groups in total. The predicted molar refractivity (Wildman–Crippen MR) is 119 cm³/mol. The Balaban J connectivity index is -0.000000352. The Labute approximate surface area is 171 Å². The van der Waals surface area contributed by atoms with Gasteiger partial charge >= 0.3 is 11.9 Å². The molecule has 0 spiro atoms. The quantitative estimate of drug-likeness (QED) is 0.126. The Kier molecular flexibility index (Phi) is 20.2. The molecule has 8 heteroatoms. The highest BCUT2D eigenvalue weighted by atomic mass is 35.6. The second-order valence-corrected chi connectivity index (χ2v) is 18.1. The molecular weight excluding hydrogens is 407 g/mol. The lowest BCUT2D eigenvalue weighted by molar-refractivity contribution is -0.139. The largest absolute Gasteiger partial charge is 0.462 e. The van der Waals surface area contributed by atoms with Crippen molar-refractivity contribution in [3.63, 3.8) is 0 Å². The molecule has 0 heterocycles. The highest BCUT2D eigenvalue weighted by molar-refractivity contribution is 7.19. The standard InChI is InChI=1S/C9H17ClO2Si.C7H10O2.C2H7ClSi/c1-8(2)9(11)12-6-5-7-13(3,4)10;1-4-5-9-7(8)6(2)3;1-4(2)3/h1,5-7H2,2-4H3;4H,1-2,5H2,3H3;4H,1-2H3. The number of esters is 2. The highest BCUT2D eigenvalue weighted by Gasteiger charge is 2.16. The van der Waals surface area contributed by atoms with Gasteiger partial charge in [0.15, 0.2) is 7.38 Å². The first kappa shape index (κ1) is 29.9. The van der Waals surface area contributed by atoms with E-state index in [4.69, 9.17) is 26.9 Å². The Morgan fingerprint density at radius 1 is 1.08 bits per heavy atom. The van der Waals surface area contributed by atoms with Crippen LogP contribution in [-0.4, -0.2) is 40.6 Å². The van der Waals surface area contributed by atoms with E-state index in [0.717, 1.165) is 12.5 Å². The zero-order valence-corrected chi connectivity index (χ0v) is 20.7. The molecule has 4 nitrogen and oxygen atoms in total. The molecule has 0 fully saturated rings. The molecule has 0 aromatic rings. The smallest absolute Gasteiger partial charge is 0.333 e. The van der Waals surface area contributed by atoms with Gasteiger partial charge in [0.05, 0.1) is 6.61 Å². The van der Waals surface area contributed by atoms with Crippen LogP contribution in [0.2, 0.25) is 32.2 Å². The molecule has 0 atom stereocenters. The van der Waals surface area contributed by atoms with Crippen LogP contribution < -0.4 is 0 Å². The minimum Gasteiger partial charge on any atom is -0.462 e. The van der Waals surface area contributed by atoms with Gasteiger partial charge in [-0.1, -0.05) is 52.0 Å².